The standard InChI is InChI=1S/C24H38O12/c1-15(25)32-14-19-21(33-16(2)26)22(34-17(3)27)23(35-18(4)28)24(36-19)31-13-11-9-7-6-8-10-12-20(29)30-5/h19,21-24H,6-14H2,1-5H3/t19-,21-,22+,23+,24-/m1/s1. The topological polar surface area (TPSA) is 150 Å². The SMILES string of the molecule is COC(=O)CCCCCCCCO[C@@H]1O[C@H](COC(C)=O)[C@@H](OC(C)=O)[C@H](OC(C)=O)[C@@H]1OC(C)=O. The van der Waals surface area contributed by atoms with Gasteiger partial charge >= 0.3 is 29.8 Å². The molecule has 12 nitrogen and oxygen atoms in total. The molecule has 0 aromatic carbocycles. The fraction of sp³-hybridized carbons (Fsp3) is 0.792. The smallest absolute Gasteiger partial charge is 0.305 e. The van der Waals surface area contributed by atoms with Crippen molar-refractivity contribution in [2.75, 3.05) is 20.3 Å². The summed E-state index contributed by atoms with van der Waals surface area (Å²) in [6.45, 7) is 4.64. The molecule has 0 N–H and O–H groups in total. The number of carbonyl (C=O) groups excluding carboxylic acids is 5. The van der Waals surface area contributed by atoms with Crippen LogP contribution in [0.15, 0.2) is 0 Å². The maximum absolute atomic E-state index is 11.8. The molecular weight excluding hydrogens is 480 g/mol. The van der Waals surface area contributed by atoms with E-state index in [1.54, 1.807) is 0 Å². The molecule has 36 heavy (non-hydrogen) atoms. The highest BCUT2D eigenvalue weighted by molar-refractivity contribution is 5.69. The molecule has 0 bridgehead atoms. The third-order valence-corrected chi connectivity index (χ3v) is 5.23. The van der Waals surface area contributed by atoms with Crippen molar-refractivity contribution in [2.45, 2.75) is 103 Å². The van der Waals surface area contributed by atoms with Gasteiger partial charge in [0.05, 0.1) is 7.11 Å². The van der Waals surface area contributed by atoms with Crippen LogP contribution >= 0.6 is 0 Å². The zero-order valence-electron chi connectivity index (χ0n) is 21.6. The maximum Gasteiger partial charge on any atom is 0.305 e. The van der Waals surface area contributed by atoms with Crippen LogP contribution in [0.1, 0.15) is 72.6 Å². The molecular formula is C24H38O12. The number of methoxy groups -OCH3 is 1. The molecule has 1 fully saturated rings. The molecule has 0 aromatic heterocycles. The molecule has 0 aliphatic carbocycles. The zero-order valence-corrected chi connectivity index (χ0v) is 21.6. The van der Waals surface area contributed by atoms with Crippen molar-refractivity contribution in [3.8, 4) is 0 Å². The summed E-state index contributed by atoms with van der Waals surface area (Å²) in [7, 11) is 1.37. The number of esters is 5. The van der Waals surface area contributed by atoms with E-state index in [9.17, 15) is 24.0 Å². The maximum atomic E-state index is 11.8. The van der Waals surface area contributed by atoms with Gasteiger partial charge in [-0.2, -0.15) is 0 Å². The number of hydrogen-bond acceptors (Lipinski definition) is 12. The van der Waals surface area contributed by atoms with E-state index < -0.39 is 54.6 Å². The van der Waals surface area contributed by atoms with Crippen molar-refractivity contribution < 1.29 is 57.1 Å². The quantitative estimate of drug-likeness (QED) is 0.177. The number of unbranched alkanes of at least 4 members (excludes halogenated alkanes) is 5. The lowest BCUT2D eigenvalue weighted by molar-refractivity contribution is -0.308. The Morgan fingerprint density at radius 3 is 1.75 bits per heavy atom. The van der Waals surface area contributed by atoms with E-state index in [0.717, 1.165) is 46.0 Å². The third kappa shape index (κ3) is 12.3. The van der Waals surface area contributed by atoms with Crippen LogP contribution in [0.2, 0.25) is 0 Å². The van der Waals surface area contributed by atoms with Crippen LogP contribution in [0.3, 0.4) is 0 Å². The summed E-state index contributed by atoms with van der Waals surface area (Å²) in [6, 6.07) is 0. The van der Waals surface area contributed by atoms with Gasteiger partial charge in [0, 0.05) is 40.7 Å². The summed E-state index contributed by atoms with van der Waals surface area (Å²) in [5.74, 6) is -2.88. The van der Waals surface area contributed by atoms with Crippen molar-refractivity contribution in [3.63, 3.8) is 0 Å². The van der Waals surface area contributed by atoms with Gasteiger partial charge in [-0.3, -0.25) is 24.0 Å². The number of ether oxygens (including phenoxy) is 7. The van der Waals surface area contributed by atoms with Gasteiger partial charge < -0.3 is 33.2 Å². The van der Waals surface area contributed by atoms with E-state index >= 15 is 0 Å². The van der Waals surface area contributed by atoms with Gasteiger partial charge in [-0.25, -0.2) is 0 Å². The van der Waals surface area contributed by atoms with E-state index in [0.29, 0.717) is 12.8 Å². The van der Waals surface area contributed by atoms with Gasteiger partial charge in [0.2, 0.25) is 0 Å². The molecule has 1 aliphatic heterocycles. The Balaban J connectivity index is 2.80. The summed E-state index contributed by atoms with van der Waals surface area (Å²) in [5.41, 5.74) is 0. The molecule has 1 aliphatic rings. The first-order valence-electron chi connectivity index (χ1n) is 12.0. The predicted octanol–water partition coefficient (Wildman–Crippen LogP) is 1.99. The molecule has 1 heterocycles. The van der Waals surface area contributed by atoms with Crippen LogP contribution < -0.4 is 0 Å². The van der Waals surface area contributed by atoms with E-state index in [1.165, 1.54) is 21.0 Å². The predicted molar refractivity (Wildman–Crippen MR) is 122 cm³/mol. The molecule has 5 atom stereocenters. The van der Waals surface area contributed by atoms with Gasteiger partial charge in [-0.1, -0.05) is 25.7 Å². The fourth-order valence-electron chi connectivity index (χ4n) is 3.70. The third-order valence-electron chi connectivity index (χ3n) is 5.23. The van der Waals surface area contributed by atoms with E-state index in [2.05, 4.69) is 4.74 Å². The second kappa shape index (κ2) is 16.9. The Kier molecular flexibility index (Phi) is 14.7. The minimum atomic E-state index is -1.25. The van der Waals surface area contributed by atoms with E-state index in [1.807, 2.05) is 0 Å². The van der Waals surface area contributed by atoms with Crippen LogP contribution in [0, 0.1) is 0 Å². The molecule has 0 aromatic rings. The van der Waals surface area contributed by atoms with Crippen LogP contribution in [-0.2, 0) is 57.1 Å². The van der Waals surface area contributed by atoms with Crippen molar-refractivity contribution in [1.29, 1.82) is 0 Å². The van der Waals surface area contributed by atoms with Gasteiger partial charge in [0.1, 0.15) is 12.7 Å². The van der Waals surface area contributed by atoms with Crippen LogP contribution in [0.4, 0.5) is 0 Å². The lowest BCUT2D eigenvalue weighted by Crippen LogP contribution is -2.63. The molecule has 1 rings (SSSR count). The Labute approximate surface area is 211 Å². The highest BCUT2D eigenvalue weighted by atomic mass is 16.7. The Hall–Kier alpha value is -2.73. The second-order valence-corrected chi connectivity index (χ2v) is 8.39. The fourth-order valence-corrected chi connectivity index (χ4v) is 3.70. The van der Waals surface area contributed by atoms with E-state index in [4.69, 9.17) is 28.4 Å². The van der Waals surface area contributed by atoms with Crippen molar-refractivity contribution in [1.82, 2.24) is 0 Å². The lowest BCUT2D eigenvalue weighted by atomic mass is 9.98. The van der Waals surface area contributed by atoms with E-state index in [-0.39, 0.29) is 19.2 Å². The van der Waals surface area contributed by atoms with Gasteiger partial charge in [-0.15, -0.1) is 0 Å². The number of carbonyl (C=O) groups is 5. The Morgan fingerprint density at radius 2 is 1.19 bits per heavy atom. The molecule has 1 saturated heterocycles. The average Bonchev–Trinajstić information content (AvgIpc) is 2.79. The highest BCUT2D eigenvalue weighted by Crippen LogP contribution is 2.30. The zero-order chi connectivity index (χ0) is 27.1. The lowest BCUT2D eigenvalue weighted by Gasteiger charge is -2.44. The first kappa shape index (κ1) is 31.3. The molecule has 0 saturated carbocycles. The molecule has 12 heteroatoms. The monoisotopic (exact) mass is 518 g/mol. The summed E-state index contributed by atoms with van der Waals surface area (Å²) >= 11 is 0. The van der Waals surface area contributed by atoms with Gasteiger partial charge in [-0.05, 0) is 12.8 Å². The summed E-state index contributed by atoms with van der Waals surface area (Å²) in [6.07, 6.45) is -0.370. The molecule has 0 unspecified atom stereocenters. The van der Waals surface area contributed by atoms with Crippen LogP contribution in [0.5, 0.6) is 0 Å². The van der Waals surface area contributed by atoms with Crippen molar-refractivity contribution >= 4 is 29.8 Å². The van der Waals surface area contributed by atoms with Crippen LogP contribution in [0.25, 0.3) is 0 Å². The number of hydrogen-bond donors (Lipinski definition) is 0. The summed E-state index contributed by atoms with van der Waals surface area (Å²) in [4.78, 5) is 57.8. The van der Waals surface area contributed by atoms with Crippen LogP contribution in [-0.4, -0.2) is 80.9 Å². The molecule has 206 valence electrons. The Bertz CT molecular complexity index is 737. The first-order valence-corrected chi connectivity index (χ1v) is 12.0. The molecule has 0 spiro atoms. The normalized spacial score (nSPS) is 23.3. The van der Waals surface area contributed by atoms with Crippen molar-refractivity contribution in [3.05, 3.63) is 0 Å². The largest absolute Gasteiger partial charge is 0.469 e. The molecule has 0 amide bonds. The Morgan fingerprint density at radius 1 is 0.667 bits per heavy atom. The first-order chi connectivity index (χ1) is 17.0. The minimum absolute atomic E-state index is 0.215. The summed E-state index contributed by atoms with van der Waals surface area (Å²) < 4.78 is 37.4. The van der Waals surface area contributed by atoms with Gasteiger partial charge in [0.15, 0.2) is 24.6 Å². The number of rotatable bonds is 15. The average molecular weight is 519 g/mol. The molecule has 0 radical (unpaired) electrons. The highest BCUT2D eigenvalue weighted by Gasteiger charge is 2.52. The second-order valence-electron chi connectivity index (χ2n) is 8.39. The van der Waals surface area contributed by atoms with Gasteiger partial charge in [0.25, 0.3) is 0 Å². The van der Waals surface area contributed by atoms with Crippen molar-refractivity contribution in [2.24, 2.45) is 0 Å². The summed E-state index contributed by atoms with van der Waals surface area (Å²) in [5, 5.41) is 0. The minimum Gasteiger partial charge on any atom is -0.469 e.